The molecule has 0 amide bonds. The molecule has 6 aromatic carbocycles. The number of hydrogen-bond acceptors (Lipinski definition) is 12. The number of rotatable bonds is 28. The highest BCUT2D eigenvalue weighted by Crippen LogP contribution is 2.45. The summed E-state index contributed by atoms with van der Waals surface area (Å²) in [6, 6.07) is 44.4. The van der Waals surface area contributed by atoms with E-state index in [-0.39, 0.29) is 43.3 Å². The quantitative estimate of drug-likeness (QED) is 0.0466. The van der Waals surface area contributed by atoms with Gasteiger partial charge in [-0.15, -0.1) is 0 Å². The lowest BCUT2D eigenvalue weighted by atomic mass is 9.75. The molecule has 6 aromatic rings. The molecule has 12 heteroatoms. The second-order valence-corrected chi connectivity index (χ2v) is 31.1. The molecule has 6 saturated heterocycles. The van der Waals surface area contributed by atoms with Crippen molar-refractivity contribution in [2.45, 2.75) is 112 Å². The lowest BCUT2D eigenvalue weighted by Gasteiger charge is -2.38. The van der Waals surface area contributed by atoms with Crippen LogP contribution in [0.15, 0.2) is 121 Å². The zero-order valence-electron chi connectivity index (χ0n) is 55.1. The molecule has 0 aromatic heterocycles. The van der Waals surface area contributed by atoms with Crippen molar-refractivity contribution in [1.29, 1.82) is 0 Å². The van der Waals surface area contributed by atoms with Gasteiger partial charge in [-0.25, -0.2) is 0 Å². The summed E-state index contributed by atoms with van der Waals surface area (Å²) in [5.41, 5.74) is 9.99. The third kappa shape index (κ3) is 13.9. The lowest BCUT2D eigenvalue weighted by Crippen LogP contribution is -2.44. The Labute approximate surface area is 529 Å². The van der Waals surface area contributed by atoms with E-state index in [9.17, 15) is 0 Å². The van der Waals surface area contributed by atoms with Crippen LogP contribution in [0, 0.1) is 32.5 Å². The largest absolute Gasteiger partial charge is 0.493 e. The number of hydrogen-bond donors (Lipinski definition) is 0. The average molecular weight is 1210 g/mol. The van der Waals surface area contributed by atoms with E-state index in [2.05, 4.69) is 204 Å². The predicted molar refractivity (Wildman–Crippen MR) is 347 cm³/mol. The van der Waals surface area contributed by atoms with Crippen LogP contribution < -0.4 is 28.4 Å². The molecule has 12 rings (SSSR count). The Hall–Kier alpha value is -6.12. The predicted octanol–water partition coefficient (Wildman–Crippen LogP) is 14.3. The van der Waals surface area contributed by atoms with Crippen molar-refractivity contribution in [1.82, 2.24) is 0 Å². The maximum absolute atomic E-state index is 7.44. The van der Waals surface area contributed by atoms with E-state index in [0.29, 0.717) is 105 Å². The molecule has 6 fully saturated rings. The second-order valence-electron chi connectivity index (χ2n) is 31.1. The van der Waals surface area contributed by atoms with Crippen LogP contribution in [-0.4, -0.2) is 119 Å². The molecule has 12 nitrogen and oxygen atoms in total. The highest BCUT2D eigenvalue weighted by atomic mass is 16.5. The molecule has 0 N–H and O–H groups in total. The minimum atomic E-state index is -0.468. The number of ether oxygens (including phenoxy) is 12. The van der Waals surface area contributed by atoms with E-state index in [1.807, 2.05) is 0 Å². The molecule has 0 atom stereocenters. The summed E-state index contributed by atoms with van der Waals surface area (Å²) in [4.78, 5) is 0. The summed E-state index contributed by atoms with van der Waals surface area (Å²) in [5, 5.41) is 0. The van der Waals surface area contributed by atoms with Crippen molar-refractivity contribution in [2.24, 2.45) is 32.5 Å². The van der Waals surface area contributed by atoms with E-state index in [4.69, 9.17) is 56.8 Å². The minimum Gasteiger partial charge on any atom is -0.493 e. The van der Waals surface area contributed by atoms with Crippen LogP contribution >= 0.6 is 0 Å². The first kappa shape index (κ1) is 63.0. The first-order valence-electron chi connectivity index (χ1n) is 32.3. The number of benzene rings is 6. The third-order valence-electron chi connectivity index (χ3n) is 19.9. The first-order valence-corrected chi connectivity index (χ1v) is 32.3. The average Bonchev–Trinajstić information content (AvgIpc) is 1.70. The van der Waals surface area contributed by atoms with Gasteiger partial charge in [0, 0.05) is 61.6 Å². The normalized spacial score (nSPS) is 20.0. The zero-order chi connectivity index (χ0) is 62.5. The van der Waals surface area contributed by atoms with Gasteiger partial charge in [0.15, 0.2) is 0 Å². The zero-order valence-corrected chi connectivity index (χ0v) is 55.1. The van der Waals surface area contributed by atoms with Crippen LogP contribution in [0.5, 0.6) is 34.5 Å². The van der Waals surface area contributed by atoms with Gasteiger partial charge in [0.2, 0.25) is 0 Å². The summed E-state index contributed by atoms with van der Waals surface area (Å²) in [6.07, 6.45) is 1.08. The molecule has 6 aliphatic rings. The molecule has 476 valence electrons. The van der Waals surface area contributed by atoms with Gasteiger partial charge in [-0.3, -0.25) is 0 Å². The summed E-state index contributed by atoms with van der Waals surface area (Å²) >= 11 is 0. The summed E-state index contributed by atoms with van der Waals surface area (Å²) in [5.74, 6) is 5.15. The van der Waals surface area contributed by atoms with Crippen LogP contribution in [0.1, 0.15) is 139 Å². The lowest BCUT2D eigenvalue weighted by molar-refractivity contribution is -0.120. The monoisotopic (exact) mass is 1210 g/mol. The highest BCUT2D eigenvalue weighted by Gasteiger charge is 2.40. The summed E-state index contributed by atoms with van der Waals surface area (Å²) in [7, 11) is 0. The topological polar surface area (TPSA) is 111 Å². The fourth-order valence-electron chi connectivity index (χ4n) is 12.6. The van der Waals surface area contributed by atoms with Crippen LogP contribution in [0.4, 0.5) is 0 Å². The molecule has 6 heterocycles. The van der Waals surface area contributed by atoms with E-state index < -0.39 is 5.41 Å². The van der Waals surface area contributed by atoms with Gasteiger partial charge in [0.25, 0.3) is 0 Å². The van der Waals surface area contributed by atoms with Gasteiger partial charge in [-0.1, -0.05) is 156 Å². The van der Waals surface area contributed by atoms with Crippen molar-refractivity contribution >= 4 is 0 Å². The molecule has 0 unspecified atom stereocenters. The third-order valence-corrected chi connectivity index (χ3v) is 19.9. The standard InChI is InChI=1S/C77H96O12/c1-69(2,57-13-21-63(22-14-57)84-47-72(7)35-78-36-72)60-19-27-66(87-50-75(10)41-81-42-75)53(31-60)29-55-33-62(71(5,6)59-17-25-65(26-18-59)86-49-74(9)39-80-40-74)34-56(68(55)89-52-77(12)45-83-46-77)30-54-32-61(20-28-67(54)88-51-76(11)43-82-44-76)70(3,4)58-15-23-64(24-16-58)85-48-73(8)37-79-38-73/h13-28,31-34H,29-30,35-52H2,1-12H3. The maximum atomic E-state index is 7.44. The Bertz CT molecular complexity index is 3250. The maximum Gasteiger partial charge on any atom is 0.126 e. The fraction of sp³-hybridized carbons (Fsp3) is 0.532. The Morgan fingerprint density at radius 1 is 0.281 bits per heavy atom. The van der Waals surface area contributed by atoms with Crippen LogP contribution in [0.2, 0.25) is 0 Å². The second kappa shape index (κ2) is 24.5. The van der Waals surface area contributed by atoms with E-state index in [0.717, 1.165) is 83.2 Å². The molecule has 89 heavy (non-hydrogen) atoms. The molecule has 0 radical (unpaired) electrons. The van der Waals surface area contributed by atoms with Crippen molar-refractivity contribution in [2.75, 3.05) is 119 Å². The Morgan fingerprint density at radius 2 is 0.517 bits per heavy atom. The van der Waals surface area contributed by atoms with Crippen molar-refractivity contribution < 1.29 is 56.8 Å². The molecule has 6 aliphatic heterocycles. The molecular formula is C77H96O12. The SMILES string of the molecule is CC1(COc2ccc(C(C)(C)c3ccc(OCC4(C)COC4)c(Cc4cc(C(C)(C)c5ccc(OCC6(C)COC6)cc5)cc(Cc5cc(C(C)(C)c6ccc(OCC7(C)COC7)cc6)ccc5OCC5(C)COC5)c4OCC4(C)COC4)c3)cc2)COC1. The van der Waals surface area contributed by atoms with Gasteiger partial charge < -0.3 is 56.8 Å². The van der Waals surface area contributed by atoms with E-state index in [1.165, 1.54) is 33.4 Å². The first-order chi connectivity index (χ1) is 42.3. The van der Waals surface area contributed by atoms with Gasteiger partial charge >= 0.3 is 0 Å². The highest BCUT2D eigenvalue weighted by molar-refractivity contribution is 5.57. The molecule has 0 saturated carbocycles. The van der Waals surface area contributed by atoms with Crippen LogP contribution in [0.25, 0.3) is 0 Å². The summed E-state index contributed by atoms with van der Waals surface area (Å²) < 4.78 is 74.4. The van der Waals surface area contributed by atoms with Crippen LogP contribution in [-0.2, 0) is 57.5 Å². The van der Waals surface area contributed by atoms with Gasteiger partial charge in [0.1, 0.15) is 34.5 Å². The van der Waals surface area contributed by atoms with Gasteiger partial charge in [-0.05, 0) is 104 Å². The fourth-order valence-corrected chi connectivity index (χ4v) is 12.6. The van der Waals surface area contributed by atoms with Crippen LogP contribution in [0.3, 0.4) is 0 Å². The van der Waals surface area contributed by atoms with E-state index >= 15 is 0 Å². The molecular weight excluding hydrogens is 1120 g/mol. The minimum absolute atomic E-state index is 0.0287. The van der Waals surface area contributed by atoms with Crippen molar-refractivity contribution in [3.8, 4) is 34.5 Å². The molecule has 0 bridgehead atoms. The van der Waals surface area contributed by atoms with Crippen molar-refractivity contribution in [3.63, 3.8) is 0 Å². The Morgan fingerprint density at radius 3 is 0.787 bits per heavy atom. The van der Waals surface area contributed by atoms with Gasteiger partial charge in [0.05, 0.1) is 119 Å². The Balaban J connectivity index is 0.959. The van der Waals surface area contributed by atoms with Crippen molar-refractivity contribution in [3.05, 3.63) is 177 Å². The molecule has 0 spiro atoms. The Kier molecular flexibility index (Phi) is 17.4. The van der Waals surface area contributed by atoms with Gasteiger partial charge in [-0.2, -0.15) is 0 Å². The molecule has 0 aliphatic carbocycles. The van der Waals surface area contributed by atoms with E-state index in [1.54, 1.807) is 0 Å². The smallest absolute Gasteiger partial charge is 0.126 e. The summed E-state index contributed by atoms with van der Waals surface area (Å²) in [6.45, 7) is 38.9.